The standard InChI is InChI=1S/C27H20O4/c28-25(30-23-17-9-3-10-18-23)27(21-13-5-1-6-14-21,22-15-7-2-8-16-22)26(29)31-24-19-11-4-12-20-24/h1-20H. The van der Waals surface area contributed by atoms with Gasteiger partial charge in [0.2, 0.25) is 5.41 Å². The van der Waals surface area contributed by atoms with Gasteiger partial charge in [-0.05, 0) is 35.4 Å². The zero-order valence-corrected chi connectivity index (χ0v) is 16.7. The van der Waals surface area contributed by atoms with E-state index in [1.54, 1.807) is 97.1 Å². The summed E-state index contributed by atoms with van der Waals surface area (Å²) in [5.74, 6) is -0.790. The second kappa shape index (κ2) is 9.09. The third-order valence-corrected chi connectivity index (χ3v) is 4.93. The molecule has 4 rings (SSSR count). The van der Waals surface area contributed by atoms with Crippen molar-refractivity contribution >= 4 is 11.9 Å². The molecule has 0 saturated carbocycles. The fraction of sp³-hybridized carbons (Fsp3) is 0.0370. The van der Waals surface area contributed by atoms with Gasteiger partial charge < -0.3 is 9.47 Å². The molecule has 0 aliphatic rings. The second-order valence-electron chi connectivity index (χ2n) is 6.89. The summed E-state index contributed by atoms with van der Waals surface area (Å²) in [6.45, 7) is 0. The topological polar surface area (TPSA) is 52.6 Å². The van der Waals surface area contributed by atoms with Crippen LogP contribution in [0.25, 0.3) is 0 Å². The van der Waals surface area contributed by atoms with E-state index in [2.05, 4.69) is 0 Å². The summed E-state index contributed by atoms with van der Waals surface area (Å²) in [7, 11) is 0. The SMILES string of the molecule is O=C(Oc1ccccc1)C(C(=O)Oc1ccccc1)(c1ccccc1)c1ccccc1. The Morgan fingerprint density at radius 2 is 0.742 bits per heavy atom. The van der Waals surface area contributed by atoms with Crippen molar-refractivity contribution in [3.8, 4) is 11.5 Å². The minimum atomic E-state index is -1.81. The summed E-state index contributed by atoms with van der Waals surface area (Å²) < 4.78 is 11.4. The molecule has 0 atom stereocenters. The molecule has 4 aromatic carbocycles. The third-order valence-electron chi connectivity index (χ3n) is 4.93. The quantitative estimate of drug-likeness (QED) is 0.250. The maximum absolute atomic E-state index is 13.7. The lowest BCUT2D eigenvalue weighted by Gasteiger charge is -2.30. The van der Waals surface area contributed by atoms with E-state index in [4.69, 9.17) is 9.47 Å². The molecular formula is C27H20O4. The van der Waals surface area contributed by atoms with Gasteiger partial charge in [-0.15, -0.1) is 0 Å². The number of para-hydroxylation sites is 2. The van der Waals surface area contributed by atoms with Gasteiger partial charge in [-0.25, -0.2) is 9.59 Å². The maximum Gasteiger partial charge on any atom is 0.338 e. The number of carbonyl (C=O) groups is 2. The van der Waals surface area contributed by atoms with Crippen LogP contribution in [0.15, 0.2) is 121 Å². The Hall–Kier alpha value is -4.18. The molecule has 0 aliphatic heterocycles. The van der Waals surface area contributed by atoms with Crippen LogP contribution in [0.4, 0.5) is 0 Å². The van der Waals surface area contributed by atoms with Crippen LogP contribution in [0.2, 0.25) is 0 Å². The van der Waals surface area contributed by atoms with E-state index in [9.17, 15) is 9.59 Å². The molecule has 0 radical (unpaired) electrons. The van der Waals surface area contributed by atoms with E-state index >= 15 is 0 Å². The summed E-state index contributed by atoms with van der Waals surface area (Å²) in [4.78, 5) is 27.5. The Kier molecular flexibility index (Phi) is 5.90. The van der Waals surface area contributed by atoms with Gasteiger partial charge in [-0.1, -0.05) is 97.1 Å². The molecule has 4 nitrogen and oxygen atoms in total. The Morgan fingerprint density at radius 3 is 1.06 bits per heavy atom. The van der Waals surface area contributed by atoms with Crippen molar-refractivity contribution in [1.82, 2.24) is 0 Å². The van der Waals surface area contributed by atoms with Crippen molar-refractivity contribution in [1.29, 1.82) is 0 Å². The van der Waals surface area contributed by atoms with E-state index in [1.165, 1.54) is 0 Å². The molecule has 0 N–H and O–H groups in total. The molecule has 31 heavy (non-hydrogen) atoms. The Bertz CT molecular complexity index is 1050. The van der Waals surface area contributed by atoms with E-state index in [1.807, 2.05) is 24.3 Å². The summed E-state index contributed by atoms with van der Waals surface area (Å²) >= 11 is 0. The second-order valence-corrected chi connectivity index (χ2v) is 6.89. The molecule has 0 spiro atoms. The highest BCUT2D eigenvalue weighted by Gasteiger charge is 2.53. The Balaban J connectivity index is 1.88. The van der Waals surface area contributed by atoms with Gasteiger partial charge in [0.05, 0.1) is 0 Å². The first-order chi connectivity index (χ1) is 15.2. The first kappa shape index (κ1) is 20.1. The summed E-state index contributed by atoms with van der Waals surface area (Å²) in [6.07, 6.45) is 0. The number of benzene rings is 4. The lowest BCUT2D eigenvalue weighted by Crippen LogP contribution is -2.49. The fourth-order valence-electron chi connectivity index (χ4n) is 3.44. The highest BCUT2D eigenvalue weighted by Crippen LogP contribution is 2.36. The lowest BCUT2D eigenvalue weighted by molar-refractivity contribution is -0.152. The highest BCUT2D eigenvalue weighted by molar-refractivity contribution is 6.11. The van der Waals surface area contributed by atoms with Gasteiger partial charge in [0.15, 0.2) is 0 Å². The zero-order chi connectivity index (χ0) is 21.5. The predicted molar refractivity (Wildman–Crippen MR) is 118 cm³/mol. The Labute approximate surface area is 180 Å². The largest absolute Gasteiger partial charge is 0.425 e. The summed E-state index contributed by atoms with van der Waals surface area (Å²) in [5.41, 5.74) is -0.889. The number of hydrogen-bond donors (Lipinski definition) is 0. The average Bonchev–Trinajstić information content (AvgIpc) is 2.82. The predicted octanol–water partition coefficient (Wildman–Crippen LogP) is 5.18. The summed E-state index contributed by atoms with van der Waals surface area (Å²) in [6, 6.07) is 35.0. The minimum absolute atomic E-state index is 0.344. The van der Waals surface area contributed by atoms with Crippen molar-refractivity contribution in [3.63, 3.8) is 0 Å². The van der Waals surface area contributed by atoms with E-state index in [-0.39, 0.29) is 0 Å². The van der Waals surface area contributed by atoms with Crippen LogP contribution < -0.4 is 9.47 Å². The molecule has 0 aliphatic carbocycles. The van der Waals surface area contributed by atoms with E-state index in [0.29, 0.717) is 22.6 Å². The molecule has 0 fully saturated rings. The number of ether oxygens (including phenoxy) is 2. The number of rotatable bonds is 6. The minimum Gasteiger partial charge on any atom is -0.425 e. The van der Waals surface area contributed by atoms with Gasteiger partial charge in [-0.2, -0.15) is 0 Å². The van der Waals surface area contributed by atoms with Crippen LogP contribution in [-0.2, 0) is 15.0 Å². The molecule has 152 valence electrons. The van der Waals surface area contributed by atoms with Gasteiger partial charge in [-0.3, -0.25) is 0 Å². The van der Waals surface area contributed by atoms with Crippen molar-refractivity contribution in [2.75, 3.05) is 0 Å². The van der Waals surface area contributed by atoms with Crippen LogP contribution in [0, 0.1) is 0 Å². The van der Waals surface area contributed by atoms with Crippen molar-refractivity contribution in [2.24, 2.45) is 0 Å². The molecule has 0 aromatic heterocycles. The van der Waals surface area contributed by atoms with Crippen LogP contribution in [-0.4, -0.2) is 11.9 Å². The van der Waals surface area contributed by atoms with E-state index < -0.39 is 17.4 Å². The molecule has 0 amide bonds. The van der Waals surface area contributed by atoms with E-state index in [0.717, 1.165) is 0 Å². The van der Waals surface area contributed by atoms with Crippen LogP contribution >= 0.6 is 0 Å². The first-order valence-electron chi connectivity index (χ1n) is 9.87. The molecule has 0 bridgehead atoms. The van der Waals surface area contributed by atoms with Gasteiger partial charge in [0.1, 0.15) is 11.5 Å². The van der Waals surface area contributed by atoms with Gasteiger partial charge in [0.25, 0.3) is 0 Å². The normalized spacial score (nSPS) is 10.8. The molecule has 0 heterocycles. The lowest BCUT2D eigenvalue weighted by atomic mass is 9.74. The third kappa shape index (κ3) is 4.09. The van der Waals surface area contributed by atoms with Gasteiger partial charge >= 0.3 is 11.9 Å². The molecule has 4 heteroatoms. The van der Waals surface area contributed by atoms with Crippen molar-refractivity contribution in [3.05, 3.63) is 132 Å². The van der Waals surface area contributed by atoms with Crippen LogP contribution in [0.3, 0.4) is 0 Å². The summed E-state index contributed by atoms with van der Waals surface area (Å²) in [5, 5.41) is 0. The van der Waals surface area contributed by atoms with Crippen LogP contribution in [0.1, 0.15) is 11.1 Å². The highest BCUT2D eigenvalue weighted by atomic mass is 16.6. The fourth-order valence-corrected chi connectivity index (χ4v) is 3.44. The van der Waals surface area contributed by atoms with Crippen LogP contribution in [0.5, 0.6) is 11.5 Å². The smallest absolute Gasteiger partial charge is 0.338 e. The van der Waals surface area contributed by atoms with Crippen molar-refractivity contribution < 1.29 is 19.1 Å². The first-order valence-corrected chi connectivity index (χ1v) is 9.87. The van der Waals surface area contributed by atoms with Crippen molar-refractivity contribution in [2.45, 2.75) is 5.41 Å². The number of carbonyl (C=O) groups excluding carboxylic acids is 2. The molecule has 0 saturated heterocycles. The average molecular weight is 408 g/mol. The molecule has 0 unspecified atom stereocenters. The Morgan fingerprint density at radius 1 is 0.452 bits per heavy atom. The number of esters is 2. The maximum atomic E-state index is 13.7. The number of hydrogen-bond acceptors (Lipinski definition) is 4. The monoisotopic (exact) mass is 408 g/mol. The molecule has 4 aromatic rings. The zero-order valence-electron chi connectivity index (χ0n) is 16.7. The molecular weight excluding hydrogens is 388 g/mol. The van der Waals surface area contributed by atoms with Gasteiger partial charge in [0, 0.05) is 0 Å².